The number of halogens is 1. The van der Waals surface area contributed by atoms with E-state index >= 15 is 0 Å². The molecule has 0 bridgehead atoms. The third kappa shape index (κ3) is 5.60. The number of carbonyl (C=O) groups excluding carboxylic acids is 2. The van der Waals surface area contributed by atoms with Gasteiger partial charge >= 0.3 is 0 Å². The molecule has 176 valence electrons. The molecule has 2 heterocycles. The van der Waals surface area contributed by atoms with E-state index in [9.17, 15) is 14.0 Å². The Morgan fingerprint density at radius 3 is 2.53 bits per heavy atom. The van der Waals surface area contributed by atoms with Gasteiger partial charge in [0.1, 0.15) is 11.6 Å². The minimum Gasteiger partial charge on any atom is -0.349 e. The Bertz CT molecular complexity index is 1130. The average molecular weight is 461 g/mol. The molecular formula is C27H29FN4O2. The molecule has 1 fully saturated rings. The summed E-state index contributed by atoms with van der Waals surface area (Å²) in [5.41, 5.74) is 1.95. The maximum atomic E-state index is 13.5. The minimum absolute atomic E-state index is 0.0319. The lowest BCUT2D eigenvalue weighted by atomic mass is 9.93. The van der Waals surface area contributed by atoms with Crippen molar-refractivity contribution >= 4 is 23.3 Å². The topological polar surface area (TPSA) is 74.3 Å². The van der Waals surface area contributed by atoms with Gasteiger partial charge in [0.2, 0.25) is 5.91 Å². The highest BCUT2D eigenvalue weighted by atomic mass is 19.1. The summed E-state index contributed by atoms with van der Waals surface area (Å²) in [5, 5.41) is 6.10. The van der Waals surface area contributed by atoms with E-state index in [0.29, 0.717) is 43.0 Å². The smallest absolute Gasteiger partial charge is 0.255 e. The number of likely N-dealkylation sites (tertiary alicyclic amines) is 1. The zero-order valence-electron chi connectivity index (χ0n) is 19.2. The Kier molecular flexibility index (Phi) is 7.52. The number of rotatable bonds is 7. The van der Waals surface area contributed by atoms with Crippen molar-refractivity contribution in [3.63, 3.8) is 0 Å². The third-order valence-corrected chi connectivity index (χ3v) is 6.19. The van der Waals surface area contributed by atoms with Crippen molar-refractivity contribution < 1.29 is 14.0 Å². The summed E-state index contributed by atoms with van der Waals surface area (Å²) in [4.78, 5) is 32.3. The molecule has 3 aromatic rings. The van der Waals surface area contributed by atoms with Gasteiger partial charge in [-0.05, 0) is 55.2 Å². The van der Waals surface area contributed by atoms with E-state index in [1.54, 1.807) is 30.5 Å². The number of hydrogen-bond acceptors (Lipinski definition) is 4. The zero-order valence-corrected chi connectivity index (χ0v) is 19.2. The number of carbonyl (C=O) groups is 2. The number of piperidine rings is 1. The Balaban J connectivity index is 1.36. The number of nitrogens with zero attached hydrogens (tertiary/aromatic N) is 2. The van der Waals surface area contributed by atoms with Gasteiger partial charge in [0.15, 0.2) is 0 Å². The molecule has 0 radical (unpaired) electrons. The van der Waals surface area contributed by atoms with E-state index in [0.717, 1.165) is 12.0 Å². The van der Waals surface area contributed by atoms with E-state index in [1.807, 2.05) is 42.2 Å². The molecule has 1 aliphatic heterocycles. The summed E-state index contributed by atoms with van der Waals surface area (Å²) in [6, 6.07) is 19.2. The van der Waals surface area contributed by atoms with Crippen molar-refractivity contribution in [1.82, 2.24) is 15.2 Å². The van der Waals surface area contributed by atoms with Gasteiger partial charge in [-0.25, -0.2) is 9.37 Å². The van der Waals surface area contributed by atoms with E-state index in [1.165, 1.54) is 12.1 Å². The molecule has 1 saturated heterocycles. The fraction of sp³-hybridized carbons (Fsp3) is 0.296. The number of hydrogen-bond donors (Lipinski definition) is 2. The van der Waals surface area contributed by atoms with Crippen LogP contribution < -0.4 is 10.6 Å². The van der Waals surface area contributed by atoms with Crippen LogP contribution in [0.3, 0.4) is 0 Å². The first-order valence-electron chi connectivity index (χ1n) is 11.7. The summed E-state index contributed by atoms with van der Waals surface area (Å²) in [6.07, 6.45) is 3.71. The molecule has 0 spiro atoms. The van der Waals surface area contributed by atoms with Crippen LogP contribution in [-0.2, 0) is 4.79 Å². The summed E-state index contributed by atoms with van der Waals surface area (Å²) in [5.74, 6) is -0.239. The predicted molar refractivity (Wildman–Crippen MR) is 130 cm³/mol. The number of nitrogens with one attached hydrogen (secondary N) is 2. The van der Waals surface area contributed by atoms with Crippen molar-refractivity contribution in [2.24, 2.45) is 0 Å². The number of amides is 2. The van der Waals surface area contributed by atoms with Crippen molar-refractivity contribution in [2.45, 2.75) is 38.1 Å². The highest BCUT2D eigenvalue weighted by Crippen LogP contribution is 2.25. The lowest BCUT2D eigenvalue weighted by molar-refractivity contribution is -0.134. The van der Waals surface area contributed by atoms with Crippen molar-refractivity contribution in [3.8, 4) is 0 Å². The van der Waals surface area contributed by atoms with Crippen molar-refractivity contribution in [3.05, 3.63) is 89.9 Å². The van der Waals surface area contributed by atoms with Crippen LogP contribution >= 0.6 is 0 Å². The molecule has 1 aliphatic rings. The molecule has 1 atom stereocenters. The Morgan fingerprint density at radius 1 is 1.06 bits per heavy atom. The van der Waals surface area contributed by atoms with Crippen LogP contribution in [-0.4, -0.2) is 40.8 Å². The van der Waals surface area contributed by atoms with Crippen LogP contribution in [0.25, 0.3) is 0 Å². The van der Waals surface area contributed by atoms with Crippen molar-refractivity contribution in [1.29, 1.82) is 0 Å². The normalized spacial score (nSPS) is 14.9. The van der Waals surface area contributed by atoms with Gasteiger partial charge in [-0.3, -0.25) is 9.59 Å². The van der Waals surface area contributed by atoms with E-state index in [4.69, 9.17) is 0 Å². The molecule has 0 aliphatic carbocycles. The fourth-order valence-corrected chi connectivity index (χ4v) is 4.36. The Morgan fingerprint density at radius 2 is 1.82 bits per heavy atom. The monoisotopic (exact) mass is 460 g/mol. The second-order valence-electron chi connectivity index (χ2n) is 8.48. The second-order valence-corrected chi connectivity index (χ2v) is 8.48. The molecular weight excluding hydrogens is 431 g/mol. The quantitative estimate of drug-likeness (QED) is 0.527. The lowest BCUT2D eigenvalue weighted by Crippen LogP contribution is -2.47. The third-order valence-electron chi connectivity index (χ3n) is 6.19. The molecule has 7 heteroatoms. The Hall–Kier alpha value is -3.74. The molecule has 2 aromatic carbocycles. The average Bonchev–Trinajstić information content (AvgIpc) is 2.86. The predicted octanol–water partition coefficient (Wildman–Crippen LogP) is 4.88. The maximum absolute atomic E-state index is 13.5. The fourth-order valence-electron chi connectivity index (χ4n) is 4.36. The summed E-state index contributed by atoms with van der Waals surface area (Å²) < 4.78 is 13.5. The summed E-state index contributed by atoms with van der Waals surface area (Å²) in [7, 11) is 0. The van der Waals surface area contributed by atoms with E-state index in [2.05, 4.69) is 15.6 Å². The number of aromatic nitrogens is 1. The molecule has 2 N–H and O–H groups in total. The molecule has 1 aromatic heterocycles. The maximum Gasteiger partial charge on any atom is 0.255 e. The Labute approximate surface area is 199 Å². The molecule has 4 rings (SSSR count). The van der Waals surface area contributed by atoms with Crippen LogP contribution in [0.15, 0.2) is 72.9 Å². The summed E-state index contributed by atoms with van der Waals surface area (Å²) in [6.45, 7) is 3.25. The van der Waals surface area contributed by atoms with Gasteiger partial charge in [0.25, 0.3) is 5.91 Å². The largest absolute Gasteiger partial charge is 0.349 e. The first-order valence-corrected chi connectivity index (χ1v) is 11.7. The van der Waals surface area contributed by atoms with Gasteiger partial charge in [-0.15, -0.1) is 0 Å². The van der Waals surface area contributed by atoms with Crippen LogP contribution in [0, 0.1) is 5.82 Å². The molecule has 2 amide bonds. The standard InChI is InChI=1S/C27H29FN4O2/c1-2-23(19-8-4-3-5-9-19)27(34)32-16-13-21(14-17-32)31-26(33)24-12-7-15-29-25(24)30-22-11-6-10-20(28)18-22/h3-12,15,18,21,23H,2,13-14,16-17H2,1H3,(H,29,30)(H,31,33). The highest BCUT2D eigenvalue weighted by molar-refractivity contribution is 5.99. The first-order chi connectivity index (χ1) is 16.5. The number of anilines is 2. The SMILES string of the molecule is CCC(C(=O)N1CCC(NC(=O)c2cccnc2Nc2cccc(F)c2)CC1)c1ccccc1. The van der Waals surface area contributed by atoms with Gasteiger partial charge < -0.3 is 15.5 Å². The highest BCUT2D eigenvalue weighted by Gasteiger charge is 2.29. The van der Waals surface area contributed by atoms with Gasteiger partial charge in [0, 0.05) is 31.0 Å². The van der Waals surface area contributed by atoms with Crippen LogP contribution in [0.4, 0.5) is 15.9 Å². The summed E-state index contributed by atoms with van der Waals surface area (Å²) >= 11 is 0. The zero-order chi connectivity index (χ0) is 23.9. The second kappa shape index (κ2) is 10.9. The molecule has 34 heavy (non-hydrogen) atoms. The first kappa shape index (κ1) is 23.4. The van der Waals surface area contributed by atoms with Crippen LogP contribution in [0.5, 0.6) is 0 Å². The number of pyridine rings is 1. The van der Waals surface area contributed by atoms with Gasteiger partial charge in [-0.2, -0.15) is 0 Å². The van der Waals surface area contributed by atoms with Crippen LogP contribution in [0.2, 0.25) is 0 Å². The van der Waals surface area contributed by atoms with Gasteiger partial charge in [0.05, 0.1) is 11.5 Å². The van der Waals surface area contributed by atoms with Crippen molar-refractivity contribution in [2.75, 3.05) is 18.4 Å². The van der Waals surface area contributed by atoms with E-state index < -0.39 is 0 Å². The van der Waals surface area contributed by atoms with E-state index in [-0.39, 0.29) is 29.6 Å². The minimum atomic E-state index is -0.370. The molecule has 6 nitrogen and oxygen atoms in total. The number of benzene rings is 2. The van der Waals surface area contributed by atoms with Crippen LogP contribution in [0.1, 0.15) is 48.0 Å². The van der Waals surface area contributed by atoms with Gasteiger partial charge in [-0.1, -0.05) is 43.3 Å². The lowest BCUT2D eigenvalue weighted by Gasteiger charge is -2.34. The molecule has 0 saturated carbocycles. The molecule has 1 unspecified atom stereocenters.